The van der Waals surface area contributed by atoms with E-state index in [0.717, 1.165) is 132 Å². The van der Waals surface area contributed by atoms with Crippen molar-refractivity contribution in [2.75, 3.05) is 0 Å². The number of carbonyl (C=O) groups is 3. The molecule has 129 heavy (non-hydrogen) atoms. The molecule has 0 unspecified atom stereocenters. The van der Waals surface area contributed by atoms with Gasteiger partial charge >= 0.3 is 0 Å². The van der Waals surface area contributed by atoms with E-state index in [0.29, 0.717) is 0 Å². The minimum absolute atomic E-state index is 0. The van der Waals surface area contributed by atoms with Crippen LogP contribution in [0.1, 0.15) is 239 Å². The summed E-state index contributed by atoms with van der Waals surface area (Å²) in [4.78, 5) is 50.8. The molecule has 6 aromatic heterocycles. The summed E-state index contributed by atoms with van der Waals surface area (Å²) in [5.74, 6) is 1.64. The zero-order chi connectivity index (χ0) is 91.3. The van der Waals surface area contributed by atoms with Crippen LogP contribution in [-0.4, -0.2) is 47.6 Å². The van der Waals surface area contributed by atoms with E-state index in [1.54, 1.807) is 22.7 Å². The Morgan fingerprint density at radius 1 is 0.326 bits per heavy atom. The Bertz CT molecular complexity index is 6200. The molecule has 0 saturated heterocycles. The molecule has 15 rings (SSSR count). The standard InChI is InChI=1S/3C25H20NS.3C13H24O2.3Ir/c1-25(2,3)21-13-17(12-16-8-4-5-9-18(16)21)22-14-20-19-10-6-7-11-23(19)27-24(20)15-26-22;1-25(2,3)20-15-17(14-16-8-4-5-9-18(16)20)24-23-19-10-6-7-11-21(19)27-22(23)12-13-26-24;1-25(2,3)21-15-17(14-16-8-4-5-9-18(16)21)22-13-12-20-19-10-6-7-11-23(19)27-24(20)26-22;3*1-5-10(6-2)12(14)9-13(15)11(7-3)8-4;;;/h4-11,13-15H,1-3H3;2*4-13,15H,1-3H3;3*9-11,14H,5-8H2,1-4H3;;;/q3*-1;;;;;;. The van der Waals surface area contributed by atoms with E-state index in [2.05, 4.69) is 269 Å². The van der Waals surface area contributed by atoms with Gasteiger partial charge in [-0.1, -0.05) is 306 Å². The number of ketones is 3. The second kappa shape index (κ2) is 49.8. The molecular formula is C114H132Ir3N3O6S3-3. The number of benzene rings is 9. The molecule has 15 heteroatoms. The van der Waals surface area contributed by atoms with Crippen molar-refractivity contribution in [3.05, 3.63) is 271 Å². The average Bonchev–Trinajstić information content (AvgIpc) is 1.66. The molecule has 3 N–H and O–H groups in total. The summed E-state index contributed by atoms with van der Waals surface area (Å²) >= 11 is 5.39. The van der Waals surface area contributed by atoms with E-state index in [4.69, 9.17) is 15.0 Å². The number of pyridine rings is 3. The maximum atomic E-state index is 11.7. The normalized spacial score (nSPS) is 12.1. The molecule has 0 spiro atoms. The van der Waals surface area contributed by atoms with E-state index in [1.807, 2.05) is 107 Å². The predicted molar refractivity (Wildman–Crippen MR) is 544 cm³/mol. The van der Waals surface area contributed by atoms with Crippen LogP contribution >= 0.6 is 34.0 Å². The summed E-state index contributed by atoms with van der Waals surface area (Å²) in [5.41, 5.74) is 10.4. The van der Waals surface area contributed by atoms with Crippen molar-refractivity contribution in [1.82, 2.24) is 15.0 Å². The van der Waals surface area contributed by atoms with Crippen LogP contribution < -0.4 is 0 Å². The van der Waals surface area contributed by atoms with E-state index in [9.17, 15) is 29.7 Å². The third kappa shape index (κ3) is 26.9. The molecule has 687 valence electrons. The second-order valence-corrected chi connectivity index (χ2v) is 39.3. The number of rotatable bonds is 24. The van der Waals surface area contributed by atoms with Crippen molar-refractivity contribution in [1.29, 1.82) is 0 Å². The third-order valence-electron chi connectivity index (χ3n) is 24.6. The Kier molecular flexibility index (Phi) is 41.5. The van der Waals surface area contributed by atoms with E-state index >= 15 is 0 Å². The molecule has 0 amide bonds. The van der Waals surface area contributed by atoms with Gasteiger partial charge in [-0.2, -0.15) is 0 Å². The van der Waals surface area contributed by atoms with Gasteiger partial charge in [0, 0.05) is 173 Å². The van der Waals surface area contributed by atoms with Gasteiger partial charge in [-0.15, -0.1) is 121 Å². The molecular weight excluding hydrogens is 2180 g/mol. The topological polar surface area (TPSA) is 151 Å². The van der Waals surface area contributed by atoms with Crippen LogP contribution in [0.5, 0.6) is 0 Å². The van der Waals surface area contributed by atoms with E-state index < -0.39 is 0 Å². The number of aliphatic hydroxyl groups excluding tert-OH is 3. The van der Waals surface area contributed by atoms with Crippen molar-refractivity contribution < 1.29 is 90.0 Å². The molecule has 0 aliphatic carbocycles. The maximum absolute atomic E-state index is 11.7. The summed E-state index contributed by atoms with van der Waals surface area (Å²) in [6, 6.07) is 77.6. The zero-order valence-corrected chi connectivity index (χ0v) is 89.0. The van der Waals surface area contributed by atoms with Gasteiger partial charge in [0.25, 0.3) is 0 Å². The number of allylic oxidation sites excluding steroid dienone is 6. The van der Waals surface area contributed by atoms with Gasteiger partial charge in [0.15, 0.2) is 17.3 Å². The van der Waals surface area contributed by atoms with Crippen molar-refractivity contribution in [3.63, 3.8) is 0 Å². The van der Waals surface area contributed by atoms with Crippen LogP contribution in [0.2, 0.25) is 0 Å². The van der Waals surface area contributed by atoms with Crippen molar-refractivity contribution in [2.45, 2.75) is 239 Å². The minimum atomic E-state index is 0. The Morgan fingerprint density at radius 2 is 0.643 bits per heavy atom. The number of aromatic nitrogens is 3. The Hall–Kier alpha value is -8.55. The molecule has 6 heterocycles. The van der Waals surface area contributed by atoms with Gasteiger partial charge in [-0.05, 0) is 139 Å². The first kappa shape index (κ1) is 107. The molecule has 15 aromatic rings. The molecule has 3 radical (unpaired) electrons. The first-order valence-electron chi connectivity index (χ1n) is 45.9. The van der Waals surface area contributed by atoms with Gasteiger partial charge in [-0.3, -0.25) is 29.3 Å². The molecule has 9 nitrogen and oxygen atoms in total. The Balaban J connectivity index is 0.000000216. The fraction of sp³-hybridized carbons (Fsp3) is 0.368. The van der Waals surface area contributed by atoms with Crippen LogP contribution in [0.15, 0.2) is 236 Å². The first-order chi connectivity index (χ1) is 60.3. The third-order valence-corrected chi connectivity index (χ3v) is 27.9. The van der Waals surface area contributed by atoms with Crippen LogP contribution in [0.25, 0.3) is 127 Å². The van der Waals surface area contributed by atoms with Crippen molar-refractivity contribution in [3.8, 4) is 33.8 Å². The number of fused-ring (bicyclic) bond motifs is 12. The molecule has 0 fully saturated rings. The summed E-state index contributed by atoms with van der Waals surface area (Å²) in [5, 5.41) is 44.2. The predicted octanol–water partition coefficient (Wildman–Crippen LogP) is 33.7. The SMILES string of the molecule is CC(C)(C)c1cc(-c2cc3c(cn2)sc2ccccc23)[c-]c2ccccc12.CC(C)(C)c1cc(-c2ccc3c(n2)sc2ccccc23)[c-]c2ccccc12.CC(C)(C)c1cc(-c2nccc3sc4ccccc4c23)[c-]c2ccccc12.CCC(CC)C(=O)C=C(O)C(CC)CC.CCC(CC)C(=O)C=C(O)C(CC)CC.CCC(CC)C(=O)C=C(O)C(CC)CC.[Ir].[Ir].[Ir]. The Labute approximate surface area is 820 Å². The smallest absolute Gasteiger partial charge is 0.162 e. The fourth-order valence-electron chi connectivity index (χ4n) is 16.7. The molecule has 0 atom stereocenters. The number of nitrogens with zero attached hydrogens (tertiary/aromatic N) is 3. The number of hydrogen-bond donors (Lipinski definition) is 3. The summed E-state index contributed by atoms with van der Waals surface area (Å²) in [6.45, 7) is 44.6. The summed E-state index contributed by atoms with van der Waals surface area (Å²) in [7, 11) is 0. The van der Waals surface area contributed by atoms with Gasteiger partial charge in [0.1, 0.15) is 4.83 Å². The molecule has 0 aliphatic heterocycles. The van der Waals surface area contributed by atoms with Crippen molar-refractivity contribution >= 4 is 144 Å². The van der Waals surface area contributed by atoms with Crippen LogP contribution in [0, 0.1) is 53.7 Å². The van der Waals surface area contributed by atoms with Crippen LogP contribution in [0.4, 0.5) is 0 Å². The van der Waals surface area contributed by atoms with Gasteiger partial charge in [0.2, 0.25) is 0 Å². The van der Waals surface area contributed by atoms with E-state index in [-0.39, 0.29) is 147 Å². The average molecular weight is 2310 g/mol. The minimum Gasteiger partial charge on any atom is -0.512 e. The van der Waals surface area contributed by atoms with Gasteiger partial charge < -0.3 is 15.3 Å². The molecule has 0 saturated carbocycles. The first-order valence-corrected chi connectivity index (χ1v) is 48.3. The molecule has 0 aliphatic rings. The summed E-state index contributed by atoms with van der Waals surface area (Å²) < 4.78 is 6.41. The monoisotopic (exact) mass is 2310 g/mol. The Morgan fingerprint density at radius 3 is 1.03 bits per heavy atom. The number of hydrogen-bond acceptors (Lipinski definition) is 12. The number of aliphatic hydroxyl groups is 3. The molecule has 0 bridgehead atoms. The summed E-state index contributed by atoms with van der Waals surface area (Å²) in [6.07, 6.45) is 18.7. The van der Waals surface area contributed by atoms with Crippen LogP contribution in [-0.2, 0) is 90.9 Å². The zero-order valence-electron chi connectivity index (χ0n) is 79.4. The maximum Gasteiger partial charge on any atom is 0.162 e. The number of carbonyl (C=O) groups excluding carboxylic acids is 3. The van der Waals surface area contributed by atoms with Crippen molar-refractivity contribution in [2.24, 2.45) is 35.5 Å². The fourth-order valence-corrected chi connectivity index (χ4v) is 19.9. The van der Waals surface area contributed by atoms with Gasteiger partial charge in [-0.25, -0.2) is 0 Å². The van der Waals surface area contributed by atoms with E-state index in [1.165, 1.54) is 107 Å². The quantitative estimate of drug-likeness (QED) is 0.0305. The largest absolute Gasteiger partial charge is 0.512 e. The number of thiophene rings is 3. The van der Waals surface area contributed by atoms with Crippen LogP contribution in [0.3, 0.4) is 0 Å². The molecule has 9 aromatic carbocycles. The second-order valence-electron chi connectivity index (χ2n) is 36.1. The van der Waals surface area contributed by atoms with Gasteiger partial charge in [0.05, 0.1) is 22.0 Å².